The number of pyridine rings is 1. The van der Waals surface area contributed by atoms with Gasteiger partial charge in [-0.3, -0.25) is 4.79 Å². The highest BCUT2D eigenvalue weighted by molar-refractivity contribution is 8.00. The van der Waals surface area contributed by atoms with Gasteiger partial charge in [0, 0.05) is 16.8 Å². The molecule has 0 spiro atoms. The lowest BCUT2D eigenvalue weighted by molar-refractivity contribution is -0.113. The van der Waals surface area contributed by atoms with Gasteiger partial charge in [-0.2, -0.15) is 5.26 Å². The standard InChI is InChI=1S/C26H18FN3OS/c27-20-13-11-19(12-14-20)24-15-22(18-7-3-1-4-8-18)23(16-28)26(30-24)32-17-25(31)29-21-9-5-2-6-10-21/h1-15H,17H2,(H,29,31). The molecule has 156 valence electrons. The van der Waals surface area contributed by atoms with Crippen LogP contribution in [0.3, 0.4) is 0 Å². The molecule has 0 fully saturated rings. The fourth-order valence-electron chi connectivity index (χ4n) is 3.20. The van der Waals surface area contributed by atoms with E-state index in [0.29, 0.717) is 27.5 Å². The number of thioether (sulfide) groups is 1. The number of carbonyl (C=O) groups is 1. The summed E-state index contributed by atoms with van der Waals surface area (Å²) in [7, 11) is 0. The molecule has 4 rings (SSSR count). The lowest BCUT2D eigenvalue weighted by atomic mass is 9.99. The van der Waals surface area contributed by atoms with Crippen molar-refractivity contribution < 1.29 is 9.18 Å². The molecule has 6 heteroatoms. The fraction of sp³-hybridized carbons (Fsp3) is 0.0385. The van der Waals surface area contributed by atoms with Crippen molar-refractivity contribution >= 4 is 23.4 Å². The largest absolute Gasteiger partial charge is 0.325 e. The van der Waals surface area contributed by atoms with Crippen molar-refractivity contribution in [2.45, 2.75) is 5.03 Å². The second-order valence-electron chi connectivity index (χ2n) is 6.92. The van der Waals surface area contributed by atoms with Gasteiger partial charge >= 0.3 is 0 Å². The van der Waals surface area contributed by atoms with Gasteiger partial charge in [-0.1, -0.05) is 60.3 Å². The highest BCUT2D eigenvalue weighted by Crippen LogP contribution is 2.34. The number of nitrogens with zero attached hydrogens (tertiary/aromatic N) is 2. The van der Waals surface area contributed by atoms with E-state index in [0.717, 1.165) is 11.1 Å². The molecule has 0 unspecified atom stereocenters. The van der Waals surface area contributed by atoms with E-state index in [9.17, 15) is 14.4 Å². The van der Waals surface area contributed by atoms with Crippen molar-refractivity contribution in [3.8, 4) is 28.5 Å². The quantitative estimate of drug-likeness (QED) is 0.366. The van der Waals surface area contributed by atoms with E-state index >= 15 is 0 Å². The summed E-state index contributed by atoms with van der Waals surface area (Å²) >= 11 is 1.20. The third-order valence-electron chi connectivity index (χ3n) is 4.72. The zero-order valence-corrected chi connectivity index (χ0v) is 17.8. The highest BCUT2D eigenvalue weighted by Gasteiger charge is 2.17. The van der Waals surface area contributed by atoms with Gasteiger partial charge in [0.15, 0.2) is 0 Å². The van der Waals surface area contributed by atoms with Gasteiger partial charge in [-0.15, -0.1) is 0 Å². The SMILES string of the molecule is N#Cc1c(-c2ccccc2)cc(-c2ccc(F)cc2)nc1SCC(=O)Nc1ccccc1. The van der Waals surface area contributed by atoms with Crippen LogP contribution in [0.15, 0.2) is 96.0 Å². The van der Waals surface area contributed by atoms with Gasteiger partial charge in [0.1, 0.15) is 16.9 Å². The van der Waals surface area contributed by atoms with Crippen molar-refractivity contribution in [3.05, 3.63) is 102 Å². The third kappa shape index (κ3) is 5.02. The molecule has 0 aliphatic carbocycles. The Morgan fingerprint density at radius 2 is 1.59 bits per heavy atom. The Kier molecular flexibility index (Phi) is 6.59. The number of halogens is 1. The molecule has 0 bridgehead atoms. The molecular formula is C26H18FN3OS. The Morgan fingerprint density at radius 3 is 2.25 bits per heavy atom. The maximum absolute atomic E-state index is 13.4. The minimum atomic E-state index is -0.335. The number of carbonyl (C=O) groups excluding carboxylic acids is 1. The summed E-state index contributed by atoms with van der Waals surface area (Å²) in [5, 5.41) is 13.2. The number of hydrogen-bond acceptors (Lipinski definition) is 4. The second-order valence-corrected chi connectivity index (χ2v) is 7.89. The number of anilines is 1. The molecule has 1 amide bonds. The first-order valence-electron chi connectivity index (χ1n) is 9.88. The first-order valence-corrected chi connectivity index (χ1v) is 10.9. The molecule has 0 atom stereocenters. The number of aromatic nitrogens is 1. The van der Waals surface area contributed by atoms with E-state index in [2.05, 4.69) is 16.4 Å². The average molecular weight is 440 g/mol. The van der Waals surface area contributed by atoms with Crippen LogP contribution in [0.25, 0.3) is 22.4 Å². The zero-order chi connectivity index (χ0) is 22.3. The van der Waals surface area contributed by atoms with Crippen LogP contribution in [0, 0.1) is 17.1 Å². The van der Waals surface area contributed by atoms with Gasteiger partial charge in [-0.25, -0.2) is 9.37 Å². The van der Waals surface area contributed by atoms with Crippen LogP contribution in [0.1, 0.15) is 5.56 Å². The topological polar surface area (TPSA) is 65.8 Å². The van der Waals surface area contributed by atoms with Crippen LogP contribution in [0.5, 0.6) is 0 Å². The van der Waals surface area contributed by atoms with Gasteiger partial charge in [0.25, 0.3) is 0 Å². The summed E-state index contributed by atoms with van der Waals surface area (Å²) in [6.45, 7) is 0. The average Bonchev–Trinajstić information content (AvgIpc) is 2.84. The van der Waals surface area contributed by atoms with Crippen LogP contribution in [0.4, 0.5) is 10.1 Å². The lowest BCUT2D eigenvalue weighted by Gasteiger charge is -2.13. The Morgan fingerprint density at radius 1 is 0.938 bits per heavy atom. The normalized spacial score (nSPS) is 10.4. The van der Waals surface area contributed by atoms with Crippen LogP contribution >= 0.6 is 11.8 Å². The number of rotatable bonds is 6. The number of amides is 1. The van der Waals surface area contributed by atoms with Gasteiger partial charge in [0.05, 0.1) is 17.0 Å². The molecular weight excluding hydrogens is 421 g/mol. The number of hydrogen-bond donors (Lipinski definition) is 1. The molecule has 32 heavy (non-hydrogen) atoms. The zero-order valence-electron chi connectivity index (χ0n) is 17.0. The molecule has 1 aromatic heterocycles. The number of para-hydroxylation sites is 1. The van der Waals surface area contributed by atoms with Gasteiger partial charge in [0.2, 0.25) is 5.91 Å². The molecule has 4 aromatic rings. The Labute approximate surface area is 189 Å². The van der Waals surface area contributed by atoms with Crippen LogP contribution in [-0.4, -0.2) is 16.6 Å². The predicted molar refractivity (Wildman–Crippen MR) is 126 cm³/mol. The number of nitrogens with one attached hydrogen (secondary N) is 1. The predicted octanol–water partition coefficient (Wildman–Crippen LogP) is 6.16. The van der Waals surface area contributed by atoms with E-state index in [4.69, 9.17) is 0 Å². The summed E-state index contributed by atoms with van der Waals surface area (Å²) < 4.78 is 13.4. The van der Waals surface area contributed by atoms with Crippen molar-refractivity contribution in [3.63, 3.8) is 0 Å². The third-order valence-corrected chi connectivity index (χ3v) is 5.70. The highest BCUT2D eigenvalue weighted by atomic mass is 32.2. The molecule has 1 heterocycles. The van der Waals surface area contributed by atoms with Crippen molar-refractivity contribution in [1.29, 1.82) is 5.26 Å². The summed E-state index contributed by atoms with van der Waals surface area (Å²) in [6.07, 6.45) is 0. The van der Waals surface area contributed by atoms with E-state index in [1.807, 2.05) is 66.7 Å². The molecule has 0 aliphatic heterocycles. The maximum Gasteiger partial charge on any atom is 0.234 e. The first-order chi connectivity index (χ1) is 15.6. The number of nitriles is 1. The van der Waals surface area contributed by atoms with E-state index in [1.165, 1.54) is 23.9 Å². The van der Waals surface area contributed by atoms with E-state index in [1.54, 1.807) is 12.1 Å². The first kappa shape index (κ1) is 21.3. The minimum Gasteiger partial charge on any atom is -0.325 e. The molecule has 4 nitrogen and oxygen atoms in total. The van der Waals surface area contributed by atoms with Gasteiger partial charge in [-0.05, 0) is 48.0 Å². The lowest BCUT2D eigenvalue weighted by Crippen LogP contribution is -2.14. The molecule has 0 saturated carbocycles. The molecule has 0 saturated heterocycles. The minimum absolute atomic E-state index is 0.0949. The van der Waals surface area contributed by atoms with E-state index < -0.39 is 0 Å². The second kappa shape index (κ2) is 9.90. The van der Waals surface area contributed by atoms with Gasteiger partial charge < -0.3 is 5.32 Å². The molecule has 0 aliphatic rings. The monoisotopic (exact) mass is 439 g/mol. The Bertz CT molecular complexity index is 1270. The van der Waals surface area contributed by atoms with E-state index in [-0.39, 0.29) is 17.5 Å². The summed E-state index contributed by atoms with van der Waals surface area (Å²) in [5.74, 6) is -0.435. The smallest absolute Gasteiger partial charge is 0.234 e. The van der Waals surface area contributed by atoms with Crippen molar-refractivity contribution in [2.75, 3.05) is 11.1 Å². The molecule has 0 radical (unpaired) electrons. The van der Waals surface area contributed by atoms with Crippen molar-refractivity contribution in [2.24, 2.45) is 0 Å². The summed E-state index contributed by atoms with van der Waals surface area (Å²) in [6, 6.07) is 28.8. The maximum atomic E-state index is 13.4. The Hall–Kier alpha value is -3.95. The summed E-state index contributed by atoms with van der Waals surface area (Å²) in [4.78, 5) is 17.1. The Balaban J connectivity index is 1.69. The van der Waals surface area contributed by atoms with Crippen LogP contribution in [0.2, 0.25) is 0 Å². The van der Waals surface area contributed by atoms with Crippen LogP contribution < -0.4 is 5.32 Å². The fourth-order valence-corrected chi connectivity index (χ4v) is 4.00. The number of benzene rings is 3. The van der Waals surface area contributed by atoms with Crippen molar-refractivity contribution in [1.82, 2.24) is 4.98 Å². The summed E-state index contributed by atoms with van der Waals surface area (Å²) in [5.41, 5.74) is 4.02. The molecule has 1 N–H and O–H groups in total. The molecule has 3 aromatic carbocycles. The van der Waals surface area contributed by atoms with Crippen LogP contribution in [-0.2, 0) is 4.79 Å².